The monoisotopic (exact) mass is 250 g/mol. The van der Waals surface area contributed by atoms with E-state index in [1.807, 2.05) is 13.8 Å². The van der Waals surface area contributed by atoms with Gasteiger partial charge in [-0.25, -0.2) is 8.42 Å². The molecular weight excluding hydrogens is 228 g/mol. The molecule has 0 aromatic carbocycles. The molecule has 0 heterocycles. The fourth-order valence-corrected chi connectivity index (χ4v) is 3.18. The fourth-order valence-electron chi connectivity index (χ4n) is 1.27. The molecular formula is C11H22O4S. The second-order valence-electron chi connectivity index (χ2n) is 4.57. The Morgan fingerprint density at radius 1 is 1.19 bits per heavy atom. The Kier molecular flexibility index (Phi) is 6.00. The van der Waals surface area contributed by atoms with Gasteiger partial charge in [0.2, 0.25) is 0 Å². The van der Waals surface area contributed by atoms with Gasteiger partial charge >= 0.3 is 5.97 Å². The standard InChI is InChI=1S/C11H22O4S/c1-8(2)6-7-16(13,14)10(4)9(3)11(12)15-5/h8-10H,6-7H2,1-5H3. The number of hydrogen-bond donors (Lipinski definition) is 0. The summed E-state index contributed by atoms with van der Waals surface area (Å²) in [6, 6.07) is 0. The molecule has 0 aromatic rings. The van der Waals surface area contributed by atoms with Gasteiger partial charge in [-0.05, 0) is 19.3 Å². The molecule has 0 radical (unpaired) electrons. The first kappa shape index (κ1) is 15.4. The Hall–Kier alpha value is -0.580. The molecule has 0 amide bonds. The summed E-state index contributed by atoms with van der Waals surface area (Å²) >= 11 is 0. The lowest BCUT2D eigenvalue weighted by Crippen LogP contribution is -2.33. The number of hydrogen-bond acceptors (Lipinski definition) is 4. The van der Waals surface area contributed by atoms with E-state index in [1.165, 1.54) is 7.11 Å². The van der Waals surface area contributed by atoms with Crippen LogP contribution in [0.15, 0.2) is 0 Å². The first-order valence-electron chi connectivity index (χ1n) is 5.51. The van der Waals surface area contributed by atoms with Crippen LogP contribution in [0.1, 0.15) is 34.1 Å². The summed E-state index contributed by atoms with van der Waals surface area (Å²) in [6.07, 6.45) is 0.626. The van der Waals surface area contributed by atoms with Gasteiger partial charge in [0, 0.05) is 0 Å². The van der Waals surface area contributed by atoms with Crippen LogP contribution in [0.5, 0.6) is 0 Å². The van der Waals surface area contributed by atoms with Crippen molar-refractivity contribution in [2.45, 2.75) is 39.4 Å². The predicted octanol–water partition coefficient (Wildman–Crippen LogP) is 1.64. The van der Waals surface area contributed by atoms with Crippen LogP contribution in [-0.2, 0) is 19.4 Å². The molecule has 0 rings (SSSR count). The van der Waals surface area contributed by atoms with Gasteiger partial charge in [0.15, 0.2) is 9.84 Å². The first-order valence-corrected chi connectivity index (χ1v) is 7.23. The maximum atomic E-state index is 11.9. The van der Waals surface area contributed by atoms with Crippen LogP contribution in [0.2, 0.25) is 0 Å². The Balaban J connectivity index is 4.57. The molecule has 0 saturated carbocycles. The molecule has 0 spiro atoms. The van der Waals surface area contributed by atoms with Crippen molar-refractivity contribution in [2.75, 3.05) is 12.9 Å². The average molecular weight is 250 g/mol. The maximum Gasteiger partial charge on any atom is 0.309 e. The lowest BCUT2D eigenvalue weighted by Gasteiger charge is -2.18. The van der Waals surface area contributed by atoms with Crippen LogP contribution in [0.4, 0.5) is 0 Å². The Bertz CT molecular complexity index is 319. The molecule has 0 aliphatic heterocycles. The van der Waals surface area contributed by atoms with Crippen molar-refractivity contribution in [3.8, 4) is 0 Å². The van der Waals surface area contributed by atoms with Gasteiger partial charge in [-0.1, -0.05) is 20.8 Å². The van der Waals surface area contributed by atoms with E-state index in [2.05, 4.69) is 4.74 Å². The first-order chi connectivity index (χ1) is 7.22. The summed E-state index contributed by atoms with van der Waals surface area (Å²) in [7, 11) is -1.94. The van der Waals surface area contributed by atoms with Crippen LogP contribution < -0.4 is 0 Å². The number of sulfone groups is 1. The highest BCUT2D eigenvalue weighted by Crippen LogP contribution is 2.17. The zero-order chi connectivity index (χ0) is 12.9. The van der Waals surface area contributed by atoms with Gasteiger partial charge in [-0.15, -0.1) is 0 Å². The summed E-state index contributed by atoms with van der Waals surface area (Å²) in [5.41, 5.74) is 0. The molecule has 0 N–H and O–H groups in total. The number of carbonyl (C=O) groups excluding carboxylic acids is 1. The number of methoxy groups -OCH3 is 1. The van der Waals surface area contributed by atoms with Crippen LogP contribution in [0, 0.1) is 11.8 Å². The van der Waals surface area contributed by atoms with Crippen LogP contribution in [0.3, 0.4) is 0 Å². The lowest BCUT2D eigenvalue weighted by atomic mass is 10.1. The minimum absolute atomic E-state index is 0.132. The SMILES string of the molecule is COC(=O)C(C)C(C)S(=O)(=O)CCC(C)C. The molecule has 4 nitrogen and oxygen atoms in total. The van der Waals surface area contributed by atoms with Gasteiger partial charge < -0.3 is 4.74 Å². The number of rotatable bonds is 6. The van der Waals surface area contributed by atoms with E-state index >= 15 is 0 Å². The van der Waals surface area contributed by atoms with Crippen molar-refractivity contribution >= 4 is 15.8 Å². The molecule has 2 atom stereocenters. The van der Waals surface area contributed by atoms with Crippen molar-refractivity contribution in [1.82, 2.24) is 0 Å². The normalized spacial score (nSPS) is 15.9. The number of esters is 1. The summed E-state index contributed by atoms with van der Waals surface area (Å²) < 4.78 is 28.3. The van der Waals surface area contributed by atoms with Crippen LogP contribution in [-0.4, -0.2) is 32.5 Å². The molecule has 0 aliphatic carbocycles. The molecule has 96 valence electrons. The molecule has 0 aromatic heterocycles. The van der Waals surface area contributed by atoms with Gasteiger partial charge in [-0.3, -0.25) is 4.79 Å². The van der Waals surface area contributed by atoms with Gasteiger partial charge in [0.05, 0.1) is 24.0 Å². The maximum absolute atomic E-state index is 11.9. The van der Waals surface area contributed by atoms with E-state index in [0.717, 1.165) is 0 Å². The molecule has 2 unspecified atom stereocenters. The Morgan fingerprint density at radius 3 is 2.06 bits per heavy atom. The quantitative estimate of drug-likeness (QED) is 0.672. The van der Waals surface area contributed by atoms with Gasteiger partial charge in [-0.2, -0.15) is 0 Å². The smallest absolute Gasteiger partial charge is 0.309 e. The molecule has 0 bridgehead atoms. The average Bonchev–Trinajstić information content (AvgIpc) is 2.23. The van der Waals surface area contributed by atoms with Crippen molar-refractivity contribution in [1.29, 1.82) is 0 Å². The molecule has 0 aliphatic rings. The van der Waals surface area contributed by atoms with Crippen molar-refractivity contribution < 1.29 is 17.9 Å². The van der Waals surface area contributed by atoms with E-state index in [-0.39, 0.29) is 5.75 Å². The third-order valence-corrected chi connectivity index (χ3v) is 5.17. The van der Waals surface area contributed by atoms with Crippen molar-refractivity contribution in [3.05, 3.63) is 0 Å². The molecule has 0 saturated heterocycles. The zero-order valence-corrected chi connectivity index (χ0v) is 11.5. The highest BCUT2D eigenvalue weighted by atomic mass is 32.2. The van der Waals surface area contributed by atoms with E-state index in [1.54, 1.807) is 13.8 Å². The van der Waals surface area contributed by atoms with Gasteiger partial charge in [0.1, 0.15) is 0 Å². The topological polar surface area (TPSA) is 60.4 Å². The van der Waals surface area contributed by atoms with E-state index < -0.39 is 27.0 Å². The van der Waals surface area contributed by atoms with Gasteiger partial charge in [0.25, 0.3) is 0 Å². The summed E-state index contributed by atoms with van der Waals surface area (Å²) in [4.78, 5) is 11.3. The van der Waals surface area contributed by atoms with E-state index in [4.69, 9.17) is 0 Å². The minimum atomic E-state index is -3.21. The van der Waals surface area contributed by atoms with Crippen LogP contribution in [0.25, 0.3) is 0 Å². The van der Waals surface area contributed by atoms with Crippen molar-refractivity contribution in [2.24, 2.45) is 11.8 Å². The third kappa shape index (κ3) is 4.51. The zero-order valence-electron chi connectivity index (χ0n) is 10.7. The van der Waals surface area contributed by atoms with E-state index in [9.17, 15) is 13.2 Å². The van der Waals surface area contributed by atoms with Crippen molar-refractivity contribution in [3.63, 3.8) is 0 Å². The Morgan fingerprint density at radius 2 is 1.69 bits per heavy atom. The highest BCUT2D eigenvalue weighted by Gasteiger charge is 2.31. The second kappa shape index (κ2) is 6.23. The summed E-state index contributed by atoms with van der Waals surface area (Å²) in [6.45, 7) is 7.11. The molecule has 0 fully saturated rings. The number of ether oxygens (including phenoxy) is 1. The fraction of sp³-hybridized carbons (Fsp3) is 0.909. The van der Waals surface area contributed by atoms with E-state index in [0.29, 0.717) is 12.3 Å². The largest absolute Gasteiger partial charge is 0.469 e. The number of carbonyl (C=O) groups is 1. The third-order valence-electron chi connectivity index (χ3n) is 2.82. The predicted molar refractivity (Wildman–Crippen MR) is 63.9 cm³/mol. The second-order valence-corrected chi connectivity index (χ2v) is 7.04. The molecule has 5 heteroatoms. The highest BCUT2D eigenvalue weighted by molar-refractivity contribution is 7.92. The van der Waals surface area contributed by atoms with Crippen LogP contribution >= 0.6 is 0 Å². The minimum Gasteiger partial charge on any atom is -0.469 e. The lowest BCUT2D eigenvalue weighted by molar-refractivity contribution is -0.144. The summed E-state index contributed by atoms with van der Waals surface area (Å²) in [5.74, 6) is -0.606. The Labute approximate surface area is 98.3 Å². The summed E-state index contributed by atoms with van der Waals surface area (Å²) in [5, 5.41) is -0.682. The molecule has 16 heavy (non-hydrogen) atoms.